The number of hydrogen-bond acceptors (Lipinski definition) is 6. The second-order valence-corrected chi connectivity index (χ2v) is 17.8. The third kappa shape index (κ3) is 12.8. The predicted octanol–water partition coefficient (Wildman–Crippen LogP) is 17.6. The second kappa shape index (κ2) is 26.1. The van der Waals surface area contributed by atoms with E-state index < -0.39 is 0 Å². The molecule has 0 aliphatic heterocycles. The fourth-order valence-corrected chi connectivity index (χ4v) is 8.90. The number of unbranched alkanes of at least 4 members (excludes halogenated alkanes) is 4. The van der Waals surface area contributed by atoms with Gasteiger partial charge in [-0.1, -0.05) is 150 Å². The molecule has 354 valence electrons. The molecular formula is C64H68N6. The van der Waals surface area contributed by atoms with Crippen molar-refractivity contribution in [2.45, 2.75) is 79.1 Å². The third-order valence-corrected chi connectivity index (χ3v) is 12.8. The number of rotatable bonds is 24. The van der Waals surface area contributed by atoms with E-state index in [0.29, 0.717) is 11.1 Å². The van der Waals surface area contributed by atoms with Crippen molar-refractivity contribution in [1.29, 1.82) is 10.5 Å². The Kier molecular flexibility index (Phi) is 18.7. The van der Waals surface area contributed by atoms with Crippen LogP contribution in [-0.4, -0.2) is 26.2 Å². The van der Waals surface area contributed by atoms with Crippen molar-refractivity contribution < 1.29 is 0 Å². The fraction of sp³-hybridized carbons (Fsp3) is 0.250. The van der Waals surface area contributed by atoms with Gasteiger partial charge in [0.2, 0.25) is 0 Å². The van der Waals surface area contributed by atoms with Crippen LogP contribution in [-0.2, 0) is 0 Å². The number of nitriles is 2. The van der Waals surface area contributed by atoms with Crippen LogP contribution >= 0.6 is 0 Å². The molecule has 0 bridgehead atoms. The van der Waals surface area contributed by atoms with Crippen LogP contribution in [0.3, 0.4) is 0 Å². The summed E-state index contributed by atoms with van der Waals surface area (Å²) in [4.78, 5) is 9.45. The minimum absolute atomic E-state index is 0.549. The molecule has 0 fully saturated rings. The Bertz CT molecular complexity index is 2530. The Balaban J connectivity index is 1.49. The highest BCUT2D eigenvalue weighted by Gasteiger charge is 2.23. The number of allylic oxidation sites excluding steroid dienone is 2. The smallest absolute Gasteiger partial charge is 0.0998 e. The monoisotopic (exact) mass is 921 g/mol. The van der Waals surface area contributed by atoms with Crippen LogP contribution in [0.15, 0.2) is 182 Å². The van der Waals surface area contributed by atoms with Gasteiger partial charge in [0.05, 0.1) is 34.7 Å². The quantitative estimate of drug-likeness (QED) is 0.0445. The fourth-order valence-electron chi connectivity index (χ4n) is 8.90. The van der Waals surface area contributed by atoms with Gasteiger partial charge in [-0.15, -0.1) is 0 Å². The zero-order chi connectivity index (χ0) is 48.9. The maximum atomic E-state index is 11.1. The van der Waals surface area contributed by atoms with Gasteiger partial charge in [0.15, 0.2) is 0 Å². The molecule has 0 aliphatic rings. The van der Waals surface area contributed by atoms with Crippen molar-refractivity contribution in [3.05, 3.63) is 204 Å². The van der Waals surface area contributed by atoms with Crippen LogP contribution in [0, 0.1) is 22.7 Å². The number of hydrogen-bond donors (Lipinski definition) is 0. The topological polar surface area (TPSA) is 60.5 Å². The van der Waals surface area contributed by atoms with E-state index in [1.165, 1.54) is 11.4 Å². The first-order valence-electron chi connectivity index (χ1n) is 25.4. The van der Waals surface area contributed by atoms with Gasteiger partial charge in [-0.05, 0) is 134 Å². The average Bonchev–Trinajstić information content (AvgIpc) is 3.42. The molecule has 0 aromatic heterocycles. The standard InChI is InChI=1S/C64H68N6/c1-5-9-41-67(42-10-6-2)57-37-33-51(34-38-57)55(49-65)45-53-47-64(70(61-29-21-15-22-30-61)62-31-23-16-24-32-62)54(48-63(53)69(59-25-17-13-18-26-59)60-27-19-14-20-28-60)46-56(50-66)52-35-39-58(40-36-52)68(43-11-7-3)44-12-8-4/h13-40,45-48H,5-12,41-44H2,1-4H3. The van der Waals surface area contributed by atoms with Gasteiger partial charge < -0.3 is 19.6 Å². The summed E-state index contributed by atoms with van der Waals surface area (Å²) in [6.45, 7) is 13.0. The highest BCUT2D eigenvalue weighted by Crippen LogP contribution is 2.45. The van der Waals surface area contributed by atoms with Crippen molar-refractivity contribution in [1.82, 2.24) is 0 Å². The Labute approximate surface area is 418 Å². The maximum Gasteiger partial charge on any atom is 0.0998 e. The molecule has 0 N–H and O–H groups in total. The largest absolute Gasteiger partial charge is 0.372 e. The molecule has 6 heteroatoms. The molecule has 0 aliphatic carbocycles. The van der Waals surface area contributed by atoms with Gasteiger partial charge in [0.25, 0.3) is 0 Å². The summed E-state index contributed by atoms with van der Waals surface area (Å²) in [6, 6.07) is 68.1. The van der Waals surface area contributed by atoms with E-state index in [4.69, 9.17) is 0 Å². The molecule has 0 spiro atoms. The average molecular weight is 921 g/mol. The summed E-state index contributed by atoms with van der Waals surface area (Å²) in [5.74, 6) is 0. The third-order valence-electron chi connectivity index (χ3n) is 12.8. The van der Waals surface area contributed by atoms with Crippen LogP contribution in [0.25, 0.3) is 23.3 Å². The van der Waals surface area contributed by atoms with Crippen molar-refractivity contribution in [2.24, 2.45) is 0 Å². The first-order chi connectivity index (χ1) is 34.5. The van der Waals surface area contributed by atoms with E-state index in [2.05, 4.69) is 217 Å². The molecule has 70 heavy (non-hydrogen) atoms. The Morgan fingerprint density at radius 3 is 0.886 bits per heavy atom. The molecule has 7 aromatic rings. The zero-order valence-corrected chi connectivity index (χ0v) is 41.6. The van der Waals surface area contributed by atoms with Gasteiger partial charge in [-0.25, -0.2) is 0 Å². The van der Waals surface area contributed by atoms with E-state index in [9.17, 15) is 10.5 Å². The summed E-state index contributed by atoms with van der Waals surface area (Å²) < 4.78 is 0. The van der Waals surface area contributed by atoms with Crippen LogP contribution in [0.2, 0.25) is 0 Å². The Morgan fingerprint density at radius 1 is 0.371 bits per heavy atom. The second-order valence-electron chi connectivity index (χ2n) is 17.8. The minimum atomic E-state index is 0.549. The van der Waals surface area contributed by atoms with Crippen molar-refractivity contribution in [3.8, 4) is 12.1 Å². The molecule has 0 unspecified atom stereocenters. The molecule has 7 rings (SSSR count). The lowest BCUT2D eigenvalue weighted by Gasteiger charge is -2.31. The van der Waals surface area contributed by atoms with E-state index in [1.807, 2.05) is 36.4 Å². The molecule has 0 amide bonds. The van der Waals surface area contributed by atoms with Crippen LogP contribution in [0.5, 0.6) is 0 Å². The minimum Gasteiger partial charge on any atom is -0.372 e. The number of para-hydroxylation sites is 4. The molecule has 0 heterocycles. The summed E-state index contributed by atoms with van der Waals surface area (Å²) in [6.07, 6.45) is 13.1. The molecular weight excluding hydrogens is 853 g/mol. The normalized spacial score (nSPS) is 11.4. The molecule has 0 atom stereocenters. The van der Waals surface area contributed by atoms with E-state index in [0.717, 1.165) is 134 Å². The first kappa shape index (κ1) is 50.1. The molecule has 7 aromatic carbocycles. The molecule has 0 radical (unpaired) electrons. The van der Waals surface area contributed by atoms with Gasteiger partial charge in [-0.3, -0.25) is 0 Å². The first-order valence-corrected chi connectivity index (χ1v) is 25.4. The summed E-state index contributed by atoms with van der Waals surface area (Å²) in [5, 5.41) is 22.2. The number of anilines is 8. The summed E-state index contributed by atoms with van der Waals surface area (Å²) in [7, 11) is 0. The lowest BCUT2D eigenvalue weighted by atomic mass is 9.96. The molecule has 0 saturated carbocycles. The van der Waals surface area contributed by atoms with Gasteiger partial charge in [0.1, 0.15) is 0 Å². The summed E-state index contributed by atoms with van der Waals surface area (Å²) in [5.41, 5.74) is 12.4. The van der Waals surface area contributed by atoms with E-state index in [-0.39, 0.29) is 0 Å². The molecule has 0 saturated heterocycles. The Hall–Kier alpha value is -7.80. The number of benzene rings is 7. The van der Waals surface area contributed by atoms with Crippen LogP contribution < -0.4 is 19.6 Å². The highest BCUT2D eigenvalue weighted by atomic mass is 15.2. The Morgan fingerprint density at radius 2 is 0.643 bits per heavy atom. The van der Waals surface area contributed by atoms with Crippen LogP contribution in [0.1, 0.15) is 101 Å². The predicted molar refractivity (Wildman–Crippen MR) is 300 cm³/mol. The lowest BCUT2D eigenvalue weighted by molar-refractivity contribution is 0.678. The van der Waals surface area contributed by atoms with Crippen LogP contribution in [0.4, 0.5) is 45.5 Å². The van der Waals surface area contributed by atoms with Crippen molar-refractivity contribution in [2.75, 3.05) is 45.8 Å². The van der Waals surface area contributed by atoms with Gasteiger partial charge in [0, 0.05) is 71.4 Å². The maximum absolute atomic E-state index is 11.1. The van der Waals surface area contributed by atoms with Crippen molar-refractivity contribution >= 4 is 68.8 Å². The number of nitrogens with zero attached hydrogens (tertiary/aromatic N) is 6. The highest BCUT2D eigenvalue weighted by molar-refractivity contribution is 6.00. The SMILES string of the molecule is CCCCN(CCCC)c1ccc(C(C#N)=Cc2cc(N(c3ccccc3)c3ccccc3)c(C=C(C#N)c3ccc(N(CCCC)CCCC)cc3)cc2N(c2ccccc2)c2ccccc2)cc1. The lowest BCUT2D eigenvalue weighted by Crippen LogP contribution is -2.25. The molecule has 6 nitrogen and oxygen atoms in total. The van der Waals surface area contributed by atoms with E-state index in [1.54, 1.807) is 0 Å². The zero-order valence-electron chi connectivity index (χ0n) is 41.6. The van der Waals surface area contributed by atoms with Crippen molar-refractivity contribution in [3.63, 3.8) is 0 Å². The van der Waals surface area contributed by atoms with Gasteiger partial charge >= 0.3 is 0 Å². The van der Waals surface area contributed by atoms with E-state index >= 15 is 0 Å². The summed E-state index contributed by atoms with van der Waals surface area (Å²) >= 11 is 0. The van der Waals surface area contributed by atoms with Gasteiger partial charge in [-0.2, -0.15) is 10.5 Å².